The van der Waals surface area contributed by atoms with Crippen LogP contribution in [0.5, 0.6) is 0 Å². The van der Waals surface area contributed by atoms with Gasteiger partial charge in [-0.1, -0.05) is 0 Å². The van der Waals surface area contributed by atoms with Crippen molar-refractivity contribution in [2.24, 2.45) is 0 Å². The van der Waals surface area contributed by atoms with Gasteiger partial charge in [0.1, 0.15) is 35.6 Å². The van der Waals surface area contributed by atoms with Crippen molar-refractivity contribution in [2.75, 3.05) is 36.0 Å². The predicted octanol–water partition coefficient (Wildman–Crippen LogP) is 1.25. The Balaban J connectivity index is 0.000000155. The first kappa shape index (κ1) is 26.4. The summed E-state index contributed by atoms with van der Waals surface area (Å²) in [7, 11) is -0.876. The highest BCUT2D eigenvalue weighted by Gasteiger charge is 2.24. The van der Waals surface area contributed by atoms with E-state index in [1.54, 1.807) is 26.3 Å². The van der Waals surface area contributed by atoms with Gasteiger partial charge in [-0.05, 0) is 51.5 Å². The van der Waals surface area contributed by atoms with E-state index in [0.29, 0.717) is 12.1 Å². The molecule has 2 fully saturated rings. The van der Waals surface area contributed by atoms with Crippen molar-refractivity contribution in [3.8, 4) is 0 Å². The van der Waals surface area contributed by atoms with Crippen molar-refractivity contribution < 1.29 is 10.0 Å². The molecule has 6 rings (SSSR count). The second kappa shape index (κ2) is 12.1. The van der Waals surface area contributed by atoms with Crippen molar-refractivity contribution in [3.05, 3.63) is 37.2 Å². The van der Waals surface area contributed by atoms with Gasteiger partial charge in [-0.3, -0.25) is 0 Å². The van der Waals surface area contributed by atoms with Crippen LogP contribution in [-0.4, -0.2) is 92.3 Å². The first-order valence-corrected chi connectivity index (χ1v) is 13.4. The molecule has 6 N–H and O–H groups in total. The molecule has 0 atom stereocenters. The van der Waals surface area contributed by atoms with Crippen LogP contribution in [0.2, 0.25) is 13.6 Å². The smallest absolute Gasteiger partial charge is 0.373 e. The van der Waals surface area contributed by atoms with Crippen molar-refractivity contribution in [1.82, 2.24) is 40.4 Å². The lowest BCUT2D eigenvalue weighted by Gasteiger charge is -2.33. The number of piperidine rings is 2. The summed E-state index contributed by atoms with van der Waals surface area (Å²) in [4.78, 5) is 28.1. The normalized spacial score (nSPS) is 17.1. The molecule has 12 nitrogen and oxygen atoms in total. The lowest BCUT2D eigenvalue weighted by atomic mass is 9.85. The number of aromatic nitrogens is 6. The Morgan fingerprint density at radius 1 is 0.711 bits per heavy atom. The Morgan fingerprint density at radius 2 is 1.11 bits per heavy atom. The first-order chi connectivity index (χ1) is 18.5. The van der Waals surface area contributed by atoms with Gasteiger partial charge in [0.05, 0.1) is 10.8 Å². The Morgan fingerprint density at radius 3 is 1.47 bits per heavy atom. The van der Waals surface area contributed by atoms with Gasteiger partial charge < -0.3 is 40.3 Å². The van der Waals surface area contributed by atoms with E-state index in [4.69, 9.17) is 0 Å². The Labute approximate surface area is 222 Å². The summed E-state index contributed by atoms with van der Waals surface area (Å²) >= 11 is 0. The highest BCUT2D eigenvalue weighted by molar-refractivity contribution is 6.45. The van der Waals surface area contributed by atoms with Gasteiger partial charge in [0.25, 0.3) is 0 Å². The minimum absolute atomic E-state index is 0.389. The number of fused-ring (bicyclic) bond motifs is 2. The van der Waals surface area contributed by atoms with Crippen molar-refractivity contribution in [3.63, 3.8) is 0 Å². The number of hydrogen-bond donors (Lipinski definition) is 6. The molecule has 0 aliphatic carbocycles. The summed E-state index contributed by atoms with van der Waals surface area (Å²) in [5.74, 6) is 2.00. The summed E-state index contributed by atoms with van der Waals surface area (Å²) in [6.45, 7) is 7.31. The summed E-state index contributed by atoms with van der Waals surface area (Å²) < 4.78 is 0. The molecular formula is C24H36B2N10O2. The van der Waals surface area contributed by atoms with E-state index in [9.17, 15) is 10.0 Å². The van der Waals surface area contributed by atoms with Crippen LogP contribution in [0.1, 0.15) is 25.7 Å². The molecule has 2 aliphatic rings. The fraction of sp³-hybridized carbons (Fsp3) is 0.500. The fourth-order valence-corrected chi connectivity index (χ4v) is 5.42. The molecule has 2 aliphatic heterocycles. The first-order valence-electron chi connectivity index (χ1n) is 13.4. The molecule has 0 spiro atoms. The molecule has 4 aromatic rings. The second-order valence-electron chi connectivity index (χ2n) is 10.1. The monoisotopic (exact) mass is 518 g/mol. The predicted molar refractivity (Wildman–Crippen MR) is 152 cm³/mol. The maximum Gasteiger partial charge on any atom is 0.373 e. The maximum absolute atomic E-state index is 9.35. The van der Waals surface area contributed by atoms with Gasteiger partial charge >= 0.3 is 14.1 Å². The molecule has 0 radical (unpaired) electrons. The average Bonchev–Trinajstić information content (AvgIpc) is 3.59. The van der Waals surface area contributed by atoms with E-state index in [0.717, 1.165) is 85.6 Å². The second-order valence-corrected chi connectivity index (χ2v) is 10.1. The largest absolute Gasteiger partial charge is 0.437 e. The van der Waals surface area contributed by atoms with Crippen LogP contribution in [0.15, 0.2) is 37.2 Å². The summed E-state index contributed by atoms with van der Waals surface area (Å²) in [6, 6.07) is 4.81. The van der Waals surface area contributed by atoms with E-state index >= 15 is 0 Å². The molecule has 4 aromatic heterocycles. The van der Waals surface area contributed by atoms with Gasteiger partial charge in [-0.2, -0.15) is 0 Å². The van der Waals surface area contributed by atoms with E-state index < -0.39 is 14.1 Å². The highest BCUT2D eigenvalue weighted by Crippen LogP contribution is 2.26. The quantitative estimate of drug-likeness (QED) is 0.206. The lowest BCUT2D eigenvalue weighted by Crippen LogP contribution is -2.47. The van der Waals surface area contributed by atoms with Gasteiger partial charge in [0.2, 0.25) is 0 Å². The van der Waals surface area contributed by atoms with Crippen molar-refractivity contribution in [1.29, 1.82) is 0 Å². The third-order valence-electron chi connectivity index (χ3n) is 7.21. The van der Waals surface area contributed by atoms with E-state index in [1.807, 2.05) is 24.5 Å². The standard InChI is InChI=1S/2C12H18BN5O/c2*1-13(19)17-9-3-6-18(7-4-9)12-10-2-5-14-11(10)15-8-16-12/h2*2,5,8-9,17,19H,3-4,6-7H2,1H3,(H,14,15,16). The molecule has 0 amide bonds. The number of H-pyrrole nitrogens is 2. The minimum atomic E-state index is -0.438. The number of nitrogens with zero attached hydrogens (tertiary/aromatic N) is 6. The van der Waals surface area contributed by atoms with Gasteiger partial charge in [-0.15, -0.1) is 0 Å². The molecule has 14 heteroatoms. The lowest BCUT2D eigenvalue weighted by molar-refractivity contribution is 0.440. The third kappa shape index (κ3) is 6.26. The van der Waals surface area contributed by atoms with Crippen LogP contribution in [0, 0.1) is 0 Å². The van der Waals surface area contributed by atoms with E-state index in [-0.39, 0.29) is 0 Å². The van der Waals surface area contributed by atoms with Crippen LogP contribution in [0.3, 0.4) is 0 Å². The Kier molecular flexibility index (Phi) is 8.42. The molecule has 200 valence electrons. The van der Waals surface area contributed by atoms with E-state index in [1.165, 1.54) is 0 Å². The van der Waals surface area contributed by atoms with Crippen LogP contribution in [0.25, 0.3) is 22.1 Å². The number of nitrogens with one attached hydrogen (secondary N) is 4. The fourth-order valence-electron chi connectivity index (χ4n) is 5.42. The molecule has 0 saturated carbocycles. The molecule has 0 aromatic carbocycles. The third-order valence-corrected chi connectivity index (χ3v) is 7.21. The van der Waals surface area contributed by atoms with Crippen molar-refractivity contribution in [2.45, 2.75) is 51.4 Å². The highest BCUT2D eigenvalue weighted by atomic mass is 16.2. The van der Waals surface area contributed by atoms with Crippen LogP contribution in [-0.2, 0) is 0 Å². The SMILES string of the molecule is CB(O)NC1CCN(c2ncnc3[nH]ccc23)CC1.CB(O)NC1CCN(c2ncnc3[nH]ccc23)CC1. The maximum atomic E-state index is 9.35. The Hall–Kier alpha value is -3.19. The zero-order valence-corrected chi connectivity index (χ0v) is 22.0. The molecule has 2 saturated heterocycles. The topological polar surface area (TPSA) is 154 Å². The molecule has 0 unspecified atom stereocenters. The van der Waals surface area contributed by atoms with Crippen LogP contribution in [0.4, 0.5) is 11.6 Å². The molecule has 38 heavy (non-hydrogen) atoms. The molecule has 6 heterocycles. The minimum Gasteiger partial charge on any atom is -0.437 e. The van der Waals surface area contributed by atoms with E-state index in [2.05, 4.69) is 50.2 Å². The number of rotatable bonds is 6. The van der Waals surface area contributed by atoms with Crippen LogP contribution >= 0.6 is 0 Å². The zero-order valence-electron chi connectivity index (χ0n) is 22.0. The van der Waals surface area contributed by atoms with Gasteiger partial charge in [0, 0.05) is 50.7 Å². The molecule has 0 bridgehead atoms. The van der Waals surface area contributed by atoms with Crippen LogP contribution < -0.4 is 20.3 Å². The summed E-state index contributed by atoms with van der Waals surface area (Å²) in [5, 5.41) is 27.2. The number of anilines is 2. The number of hydrogen-bond acceptors (Lipinski definition) is 10. The molecular weight excluding hydrogens is 482 g/mol. The number of aromatic amines is 2. The zero-order chi connectivity index (χ0) is 26.5. The Bertz CT molecular complexity index is 1200. The van der Waals surface area contributed by atoms with Crippen molar-refractivity contribution >= 4 is 47.8 Å². The summed E-state index contributed by atoms with van der Waals surface area (Å²) in [6.07, 6.45) is 11.1. The average molecular weight is 518 g/mol. The summed E-state index contributed by atoms with van der Waals surface area (Å²) in [5.41, 5.74) is 1.77. The van der Waals surface area contributed by atoms with Gasteiger partial charge in [-0.25, -0.2) is 19.9 Å². The van der Waals surface area contributed by atoms with Gasteiger partial charge in [0.15, 0.2) is 0 Å².